The zero-order chi connectivity index (χ0) is 19.1. The summed E-state index contributed by atoms with van der Waals surface area (Å²) in [6, 6.07) is 4.64. The lowest BCUT2D eigenvalue weighted by atomic mass is 10.0. The molecule has 0 spiro atoms. The first kappa shape index (κ1) is 20.1. The van der Waals surface area contributed by atoms with Crippen molar-refractivity contribution in [1.29, 1.82) is 0 Å². The molecule has 0 radical (unpaired) electrons. The summed E-state index contributed by atoms with van der Waals surface area (Å²) in [5.41, 5.74) is 0.317. The van der Waals surface area contributed by atoms with Gasteiger partial charge in [-0.2, -0.15) is 0 Å². The van der Waals surface area contributed by atoms with Crippen LogP contribution in [0.25, 0.3) is 0 Å². The first-order valence-electron chi connectivity index (χ1n) is 9.28. The predicted octanol–water partition coefficient (Wildman–Crippen LogP) is 2.86. The van der Waals surface area contributed by atoms with Crippen molar-refractivity contribution < 1.29 is 19.1 Å². The predicted molar refractivity (Wildman–Crippen MR) is 101 cm³/mol. The van der Waals surface area contributed by atoms with Gasteiger partial charge in [-0.25, -0.2) is 0 Å². The SMILES string of the molecule is COc1cccc(OC)c1C(=O)N[C@H](CC(C)C)C(=O)N1CCCCC1. The fourth-order valence-corrected chi connectivity index (χ4v) is 3.33. The highest BCUT2D eigenvalue weighted by Crippen LogP contribution is 2.28. The molecule has 1 fully saturated rings. The Morgan fingerprint density at radius 1 is 1.08 bits per heavy atom. The van der Waals surface area contributed by atoms with Crippen molar-refractivity contribution in [3.8, 4) is 11.5 Å². The Kier molecular flexibility index (Phi) is 7.30. The molecule has 1 saturated heterocycles. The Balaban J connectivity index is 2.22. The molecule has 1 heterocycles. The number of piperidine rings is 1. The molecule has 6 heteroatoms. The van der Waals surface area contributed by atoms with Gasteiger partial charge in [0.2, 0.25) is 5.91 Å². The topological polar surface area (TPSA) is 67.9 Å². The van der Waals surface area contributed by atoms with Gasteiger partial charge in [-0.15, -0.1) is 0 Å². The number of nitrogens with zero attached hydrogens (tertiary/aromatic N) is 1. The number of nitrogens with one attached hydrogen (secondary N) is 1. The van der Waals surface area contributed by atoms with E-state index >= 15 is 0 Å². The molecule has 0 bridgehead atoms. The van der Waals surface area contributed by atoms with Crippen LogP contribution in [-0.2, 0) is 4.79 Å². The van der Waals surface area contributed by atoms with Gasteiger partial charge < -0.3 is 19.7 Å². The van der Waals surface area contributed by atoms with E-state index in [1.165, 1.54) is 14.2 Å². The minimum atomic E-state index is -0.546. The maximum absolute atomic E-state index is 13.0. The highest BCUT2D eigenvalue weighted by Gasteiger charge is 2.29. The van der Waals surface area contributed by atoms with Crippen LogP contribution in [0, 0.1) is 5.92 Å². The van der Waals surface area contributed by atoms with Crippen LogP contribution in [0.15, 0.2) is 18.2 Å². The highest BCUT2D eigenvalue weighted by atomic mass is 16.5. The summed E-state index contributed by atoms with van der Waals surface area (Å²) in [4.78, 5) is 27.8. The molecule has 0 unspecified atom stereocenters. The molecule has 1 aromatic carbocycles. The van der Waals surface area contributed by atoms with Crippen LogP contribution >= 0.6 is 0 Å². The lowest BCUT2D eigenvalue weighted by Crippen LogP contribution is -2.50. The standard InChI is InChI=1S/C20H30N2O4/c1-14(2)13-15(20(24)22-11-6-5-7-12-22)21-19(23)18-16(25-3)9-8-10-17(18)26-4/h8-10,14-15H,5-7,11-13H2,1-4H3,(H,21,23)/t15-/m1/s1. The van der Waals surface area contributed by atoms with Crippen molar-refractivity contribution >= 4 is 11.8 Å². The number of methoxy groups -OCH3 is 2. The summed E-state index contributed by atoms with van der Waals surface area (Å²) in [6.45, 7) is 5.63. The van der Waals surface area contributed by atoms with Crippen molar-refractivity contribution in [1.82, 2.24) is 10.2 Å². The van der Waals surface area contributed by atoms with E-state index in [2.05, 4.69) is 5.32 Å². The van der Waals surface area contributed by atoms with Crippen molar-refractivity contribution in [2.75, 3.05) is 27.3 Å². The minimum absolute atomic E-state index is 0.000569. The van der Waals surface area contributed by atoms with Gasteiger partial charge in [-0.1, -0.05) is 19.9 Å². The Morgan fingerprint density at radius 3 is 2.15 bits per heavy atom. The molecule has 1 aromatic rings. The third kappa shape index (κ3) is 4.90. The number of carbonyl (C=O) groups is 2. The van der Waals surface area contributed by atoms with Crippen molar-refractivity contribution in [2.24, 2.45) is 5.92 Å². The first-order chi connectivity index (χ1) is 12.5. The van der Waals surface area contributed by atoms with Crippen LogP contribution in [0.4, 0.5) is 0 Å². The van der Waals surface area contributed by atoms with Gasteiger partial charge in [0.25, 0.3) is 5.91 Å². The van der Waals surface area contributed by atoms with Gasteiger partial charge >= 0.3 is 0 Å². The summed E-state index contributed by atoms with van der Waals surface area (Å²) in [6.07, 6.45) is 3.80. The second-order valence-corrected chi connectivity index (χ2v) is 7.08. The molecule has 1 aliphatic rings. The first-order valence-corrected chi connectivity index (χ1v) is 9.28. The zero-order valence-electron chi connectivity index (χ0n) is 16.2. The average Bonchev–Trinajstić information content (AvgIpc) is 2.66. The Morgan fingerprint density at radius 2 is 1.65 bits per heavy atom. The molecule has 0 aromatic heterocycles. The van der Waals surface area contributed by atoms with Gasteiger partial charge in [-0.3, -0.25) is 9.59 Å². The van der Waals surface area contributed by atoms with Crippen molar-refractivity contribution in [3.63, 3.8) is 0 Å². The Labute approximate surface area is 155 Å². The van der Waals surface area contributed by atoms with Gasteiger partial charge in [0.15, 0.2) is 0 Å². The number of amides is 2. The molecule has 1 aliphatic heterocycles. The summed E-state index contributed by atoms with van der Waals surface area (Å²) in [7, 11) is 3.02. The number of carbonyl (C=O) groups excluding carboxylic acids is 2. The van der Waals surface area contributed by atoms with Crippen molar-refractivity contribution in [3.05, 3.63) is 23.8 Å². The van der Waals surface area contributed by atoms with E-state index < -0.39 is 6.04 Å². The van der Waals surface area contributed by atoms with Crippen LogP contribution in [0.3, 0.4) is 0 Å². The average molecular weight is 362 g/mol. The number of benzene rings is 1. The second-order valence-electron chi connectivity index (χ2n) is 7.08. The largest absolute Gasteiger partial charge is 0.496 e. The minimum Gasteiger partial charge on any atom is -0.496 e. The van der Waals surface area contributed by atoms with E-state index in [-0.39, 0.29) is 17.7 Å². The molecule has 144 valence electrons. The third-order valence-corrected chi connectivity index (χ3v) is 4.63. The molecular formula is C20H30N2O4. The summed E-state index contributed by atoms with van der Waals surface area (Å²) in [5, 5.41) is 2.92. The number of hydrogen-bond donors (Lipinski definition) is 1. The number of likely N-dealkylation sites (tertiary alicyclic amines) is 1. The quantitative estimate of drug-likeness (QED) is 0.810. The zero-order valence-corrected chi connectivity index (χ0v) is 16.2. The molecule has 2 rings (SSSR count). The van der Waals surface area contributed by atoms with Crippen LogP contribution in [-0.4, -0.2) is 50.1 Å². The molecule has 0 aliphatic carbocycles. The van der Waals surface area contributed by atoms with Crippen LogP contribution in [0.5, 0.6) is 11.5 Å². The van der Waals surface area contributed by atoms with E-state index in [4.69, 9.17) is 9.47 Å². The maximum Gasteiger partial charge on any atom is 0.259 e. The van der Waals surface area contributed by atoms with E-state index in [9.17, 15) is 9.59 Å². The molecule has 6 nitrogen and oxygen atoms in total. The number of rotatable bonds is 7. The van der Waals surface area contributed by atoms with E-state index in [0.717, 1.165) is 32.4 Å². The summed E-state index contributed by atoms with van der Waals surface area (Å²) < 4.78 is 10.6. The molecule has 1 atom stereocenters. The Hall–Kier alpha value is -2.24. The monoisotopic (exact) mass is 362 g/mol. The second kappa shape index (κ2) is 9.46. The highest BCUT2D eigenvalue weighted by molar-refractivity contribution is 6.02. The van der Waals surface area contributed by atoms with Gasteiger partial charge in [0.05, 0.1) is 14.2 Å². The lowest BCUT2D eigenvalue weighted by Gasteiger charge is -2.31. The van der Waals surface area contributed by atoms with Crippen molar-refractivity contribution in [2.45, 2.75) is 45.6 Å². The molecular weight excluding hydrogens is 332 g/mol. The summed E-state index contributed by atoms with van der Waals surface area (Å²) >= 11 is 0. The molecule has 0 saturated carbocycles. The van der Waals surface area contributed by atoms with E-state index in [1.807, 2.05) is 18.7 Å². The molecule has 2 amide bonds. The van der Waals surface area contributed by atoms with Crippen LogP contribution in [0.1, 0.15) is 49.9 Å². The van der Waals surface area contributed by atoms with Crippen LogP contribution < -0.4 is 14.8 Å². The van der Waals surface area contributed by atoms with Gasteiger partial charge in [0.1, 0.15) is 23.1 Å². The maximum atomic E-state index is 13.0. The Bertz CT molecular complexity index is 602. The summed E-state index contributed by atoms with van der Waals surface area (Å²) in [5.74, 6) is 0.788. The molecule has 26 heavy (non-hydrogen) atoms. The van der Waals surface area contributed by atoms with Crippen LogP contribution in [0.2, 0.25) is 0 Å². The normalized spacial score (nSPS) is 15.5. The number of hydrogen-bond acceptors (Lipinski definition) is 4. The number of ether oxygens (including phenoxy) is 2. The molecule has 1 N–H and O–H groups in total. The smallest absolute Gasteiger partial charge is 0.259 e. The van der Waals surface area contributed by atoms with E-state index in [1.54, 1.807) is 18.2 Å². The van der Waals surface area contributed by atoms with E-state index in [0.29, 0.717) is 23.5 Å². The van der Waals surface area contributed by atoms with Gasteiger partial charge in [-0.05, 0) is 43.7 Å². The fraction of sp³-hybridized carbons (Fsp3) is 0.600. The fourth-order valence-electron chi connectivity index (χ4n) is 3.33. The lowest BCUT2D eigenvalue weighted by molar-refractivity contribution is -0.134. The van der Waals surface area contributed by atoms with Gasteiger partial charge in [0, 0.05) is 13.1 Å². The third-order valence-electron chi connectivity index (χ3n) is 4.63.